The fraction of sp³-hybridized carbons (Fsp3) is 0.400. The number of nitriles is 1. The molecule has 1 N–H and O–H groups in total. The topological polar surface area (TPSA) is 62.1 Å². The maximum atomic E-state index is 11.3. The molecule has 0 aliphatic rings. The van der Waals surface area contributed by atoms with E-state index in [4.69, 9.17) is 10.00 Å². The fourth-order valence-electron chi connectivity index (χ4n) is 1.03. The highest BCUT2D eigenvalue weighted by Crippen LogP contribution is 2.26. The van der Waals surface area contributed by atoms with Crippen LogP contribution in [-0.4, -0.2) is 12.2 Å². The lowest BCUT2D eigenvalue weighted by molar-refractivity contribution is 0.130. The molecule has 1 rings (SSSR count). The van der Waals surface area contributed by atoms with E-state index >= 15 is 0 Å². The van der Waals surface area contributed by atoms with Crippen LogP contribution in [0.3, 0.4) is 0 Å². The van der Waals surface area contributed by atoms with E-state index in [0.29, 0.717) is 10.6 Å². The largest absolute Gasteiger partial charge is 0.447 e. The lowest BCUT2D eigenvalue weighted by Crippen LogP contribution is -2.17. The van der Waals surface area contributed by atoms with Crippen LogP contribution < -0.4 is 5.32 Å². The SMILES string of the molecule is Cc1cc(C#N)c(NC(=O)OC(C)C)s1. The van der Waals surface area contributed by atoms with Gasteiger partial charge in [0.25, 0.3) is 0 Å². The Morgan fingerprint density at radius 2 is 2.33 bits per heavy atom. The van der Waals surface area contributed by atoms with Crippen LogP contribution in [0, 0.1) is 18.3 Å². The number of carbonyl (C=O) groups excluding carboxylic acids is 1. The molecule has 0 bridgehead atoms. The van der Waals surface area contributed by atoms with E-state index in [1.807, 2.05) is 13.0 Å². The number of aryl methyl sites for hydroxylation is 1. The number of nitrogens with zero attached hydrogens (tertiary/aromatic N) is 1. The van der Waals surface area contributed by atoms with Crippen molar-refractivity contribution >= 4 is 22.4 Å². The van der Waals surface area contributed by atoms with E-state index < -0.39 is 6.09 Å². The van der Waals surface area contributed by atoms with E-state index in [9.17, 15) is 4.79 Å². The minimum Gasteiger partial charge on any atom is -0.447 e. The van der Waals surface area contributed by atoms with Crippen LogP contribution in [0.25, 0.3) is 0 Å². The molecular weight excluding hydrogens is 212 g/mol. The van der Waals surface area contributed by atoms with Crippen molar-refractivity contribution in [3.8, 4) is 6.07 Å². The number of rotatable bonds is 2. The molecule has 1 amide bonds. The zero-order valence-corrected chi connectivity index (χ0v) is 9.64. The van der Waals surface area contributed by atoms with Crippen LogP contribution in [-0.2, 0) is 4.74 Å². The van der Waals surface area contributed by atoms with Gasteiger partial charge >= 0.3 is 6.09 Å². The minimum atomic E-state index is -0.525. The van der Waals surface area contributed by atoms with Crippen molar-refractivity contribution in [3.63, 3.8) is 0 Å². The van der Waals surface area contributed by atoms with Gasteiger partial charge in [0.1, 0.15) is 11.1 Å². The molecule has 1 aromatic heterocycles. The van der Waals surface area contributed by atoms with Gasteiger partial charge in [-0.1, -0.05) is 0 Å². The van der Waals surface area contributed by atoms with E-state index in [-0.39, 0.29) is 6.10 Å². The Hall–Kier alpha value is -1.54. The number of hydrogen-bond acceptors (Lipinski definition) is 4. The molecular formula is C10H12N2O2S. The van der Waals surface area contributed by atoms with Gasteiger partial charge in [-0.15, -0.1) is 11.3 Å². The first-order valence-electron chi connectivity index (χ1n) is 4.51. The summed E-state index contributed by atoms with van der Waals surface area (Å²) in [7, 11) is 0. The van der Waals surface area contributed by atoms with Crippen molar-refractivity contribution in [2.75, 3.05) is 5.32 Å². The first-order valence-corrected chi connectivity index (χ1v) is 5.32. The number of carbonyl (C=O) groups is 1. The summed E-state index contributed by atoms with van der Waals surface area (Å²) in [6, 6.07) is 3.75. The van der Waals surface area contributed by atoms with E-state index in [2.05, 4.69) is 5.32 Å². The Morgan fingerprint density at radius 1 is 1.67 bits per heavy atom. The maximum Gasteiger partial charge on any atom is 0.412 e. The fourth-order valence-corrected chi connectivity index (χ4v) is 1.87. The molecule has 0 saturated carbocycles. The van der Waals surface area contributed by atoms with Gasteiger partial charge in [0.05, 0.1) is 11.7 Å². The predicted octanol–water partition coefficient (Wildman–Crippen LogP) is 2.89. The van der Waals surface area contributed by atoms with Gasteiger partial charge in [-0.25, -0.2) is 4.79 Å². The summed E-state index contributed by atoms with van der Waals surface area (Å²) in [6.07, 6.45) is -0.694. The third-order valence-corrected chi connectivity index (χ3v) is 2.50. The second-order valence-electron chi connectivity index (χ2n) is 3.29. The average Bonchev–Trinajstić information content (AvgIpc) is 2.44. The van der Waals surface area contributed by atoms with Crippen molar-refractivity contribution in [2.45, 2.75) is 26.9 Å². The molecule has 1 aromatic rings. The Labute approximate surface area is 92.5 Å². The van der Waals surface area contributed by atoms with Crippen molar-refractivity contribution in [1.29, 1.82) is 5.26 Å². The van der Waals surface area contributed by atoms with Gasteiger partial charge in [-0.2, -0.15) is 5.26 Å². The molecule has 0 spiro atoms. The first kappa shape index (κ1) is 11.5. The van der Waals surface area contributed by atoms with Gasteiger partial charge < -0.3 is 4.74 Å². The van der Waals surface area contributed by atoms with Gasteiger partial charge in [0.15, 0.2) is 0 Å². The molecule has 4 nitrogen and oxygen atoms in total. The van der Waals surface area contributed by atoms with Crippen LogP contribution in [0.4, 0.5) is 9.80 Å². The third kappa shape index (κ3) is 3.26. The predicted molar refractivity (Wildman–Crippen MR) is 59.0 cm³/mol. The summed E-state index contributed by atoms with van der Waals surface area (Å²) in [5, 5.41) is 11.9. The van der Waals surface area contributed by atoms with Gasteiger partial charge in [-0.3, -0.25) is 5.32 Å². The Balaban J connectivity index is 2.72. The lowest BCUT2D eigenvalue weighted by Gasteiger charge is -2.07. The molecule has 5 heteroatoms. The highest BCUT2D eigenvalue weighted by Gasteiger charge is 2.11. The molecule has 0 aromatic carbocycles. The Kier molecular flexibility index (Phi) is 3.69. The molecule has 0 aliphatic carbocycles. The zero-order chi connectivity index (χ0) is 11.4. The second kappa shape index (κ2) is 4.80. The van der Waals surface area contributed by atoms with Crippen molar-refractivity contribution in [3.05, 3.63) is 16.5 Å². The minimum absolute atomic E-state index is 0.170. The molecule has 0 radical (unpaired) electrons. The van der Waals surface area contributed by atoms with Gasteiger partial charge in [-0.05, 0) is 26.8 Å². The molecule has 0 atom stereocenters. The smallest absolute Gasteiger partial charge is 0.412 e. The first-order chi connectivity index (χ1) is 7.02. The van der Waals surface area contributed by atoms with Crippen LogP contribution in [0.5, 0.6) is 0 Å². The van der Waals surface area contributed by atoms with Crippen LogP contribution >= 0.6 is 11.3 Å². The Morgan fingerprint density at radius 3 is 2.87 bits per heavy atom. The van der Waals surface area contributed by atoms with E-state index in [1.165, 1.54) is 11.3 Å². The summed E-state index contributed by atoms with van der Waals surface area (Å²) in [4.78, 5) is 12.2. The number of hydrogen-bond donors (Lipinski definition) is 1. The maximum absolute atomic E-state index is 11.3. The van der Waals surface area contributed by atoms with E-state index in [0.717, 1.165) is 4.88 Å². The van der Waals surface area contributed by atoms with Gasteiger partial charge in [0, 0.05) is 4.88 Å². The normalized spacial score (nSPS) is 9.80. The standard InChI is InChI=1S/C10H12N2O2S/c1-6(2)14-10(13)12-9-8(5-11)4-7(3)15-9/h4,6H,1-3H3,(H,12,13). The molecule has 80 valence electrons. The number of anilines is 1. The third-order valence-electron chi connectivity index (χ3n) is 1.53. The van der Waals surface area contributed by atoms with Crippen LogP contribution in [0.1, 0.15) is 24.3 Å². The molecule has 0 aliphatic heterocycles. The molecule has 0 saturated heterocycles. The van der Waals surface area contributed by atoms with Crippen LogP contribution in [0.15, 0.2) is 6.07 Å². The molecule has 0 fully saturated rings. The monoisotopic (exact) mass is 224 g/mol. The summed E-state index contributed by atoms with van der Waals surface area (Å²) >= 11 is 1.36. The highest BCUT2D eigenvalue weighted by atomic mass is 32.1. The van der Waals surface area contributed by atoms with Crippen molar-refractivity contribution in [2.24, 2.45) is 0 Å². The summed E-state index contributed by atoms with van der Waals surface area (Å²) in [5.74, 6) is 0. The van der Waals surface area contributed by atoms with Crippen molar-refractivity contribution < 1.29 is 9.53 Å². The quantitative estimate of drug-likeness (QED) is 0.840. The Bertz CT molecular complexity index is 404. The highest BCUT2D eigenvalue weighted by molar-refractivity contribution is 7.16. The lowest BCUT2D eigenvalue weighted by atomic mass is 10.3. The summed E-state index contributed by atoms with van der Waals surface area (Å²) in [6.45, 7) is 5.42. The molecule has 0 unspecified atom stereocenters. The molecule has 15 heavy (non-hydrogen) atoms. The number of amides is 1. The zero-order valence-electron chi connectivity index (χ0n) is 8.83. The summed E-state index contributed by atoms with van der Waals surface area (Å²) < 4.78 is 4.91. The summed E-state index contributed by atoms with van der Waals surface area (Å²) in [5.41, 5.74) is 0.471. The number of nitrogens with one attached hydrogen (secondary N) is 1. The average molecular weight is 224 g/mol. The van der Waals surface area contributed by atoms with Crippen LogP contribution in [0.2, 0.25) is 0 Å². The second-order valence-corrected chi connectivity index (χ2v) is 4.55. The van der Waals surface area contributed by atoms with Crippen molar-refractivity contribution in [1.82, 2.24) is 0 Å². The van der Waals surface area contributed by atoms with Gasteiger partial charge in [0.2, 0.25) is 0 Å². The molecule has 1 heterocycles. The van der Waals surface area contributed by atoms with E-state index in [1.54, 1.807) is 19.9 Å². The number of ether oxygens (including phenoxy) is 1. The number of thiophene rings is 1.